The first-order valence-corrected chi connectivity index (χ1v) is 13.6. The molecule has 11 heavy (non-hydrogen) atoms. The van der Waals surface area contributed by atoms with Crippen LogP contribution >= 0.6 is 0 Å². The van der Waals surface area contributed by atoms with Crippen LogP contribution in [0, 0.1) is 5.95 Å². The normalized spacial score (nSPS) is 11.6. The van der Waals surface area contributed by atoms with E-state index in [2.05, 4.69) is 19.8 Å². The average molecular weight is 260 g/mol. The van der Waals surface area contributed by atoms with E-state index >= 15 is 0 Å². The Morgan fingerprint density at radius 2 is 2.00 bits per heavy atom. The molecule has 0 aliphatic carbocycles. The Bertz CT molecular complexity index is 255. The van der Waals surface area contributed by atoms with Gasteiger partial charge in [0.15, 0.2) is 0 Å². The summed E-state index contributed by atoms with van der Waals surface area (Å²) < 4.78 is 13.9. The molecular weight excluding hydrogens is 248 g/mol. The fraction of sp³-hybridized carbons (Fsp3) is 0.375. The van der Waals surface area contributed by atoms with E-state index in [0.717, 1.165) is 3.58 Å². The predicted molar refractivity (Wildman–Crippen MR) is 47.2 cm³/mol. The van der Waals surface area contributed by atoms with Gasteiger partial charge in [0.05, 0.1) is 0 Å². The maximum atomic E-state index is 13.0. The van der Waals surface area contributed by atoms with Crippen molar-refractivity contribution < 1.29 is 4.39 Å². The summed E-state index contributed by atoms with van der Waals surface area (Å²) in [5.41, 5.74) is 0. The standard InChI is InChI=1S/C5H3FN.3CH3.Sn/c6-5-3-1-2-4-7-5;;;;/h1-2,4H;3*1H3;. The Balaban J connectivity index is 3.14. The van der Waals surface area contributed by atoms with Crippen LogP contribution in [0.15, 0.2) is 18.3 Å². The van der Waals surface area contributed by atoms with Crippen molar-refractivity contribution in [1.82, 2.24) is 4.98 Å². The van der Waals surface area contributed by atoms with Gasteiger partial charge in [0.1, 0.15) is 0 Å². The summed E-state index contributed by atoms with van der Waals surface area (Å²) in [5, 5.41) is 0. The third-order valence-corrected chi connectivity index (χ3v) is 7.24. The Morgan fingerprint density at radius 1 is 1.36 bits per heavy atom. The number of hydrogen-bond acceptors (Lipinski definition) is 1. The molecule has 0 aromatic carbocycles. The Morgan fingerprint density at radius 3 is 2.36 bits per heavy atom. The van der Waals surface area contributed by atoms with Crippen LogP contribution in [0.2, 0.25) is 14.8 Å². The molecule has 0 atom stereocenters. The van der Waals surface area contributed by atoms with Gasteiger partial charge in [-0.15, -0.1) is 0 Å². The van der Waals surface area contributed by atoms with Gasteiger partial charge >= 0.3 is 70.4 Å². The van der Waals surface area contributed by atoms with Crippen LogP contribution in [0.3, 0.4) is 0 Å². The zero-order valence-electron chi connectivity index (χ0n) is 7.06. The van der Waals surface area contributed by atoms with Gasteiger partial charge in [0.25, 0.3) is 0 Å². The summed E-state index contributed by atoms with van der Waals surface area (Å²) in [6.07, 6.45) is 1.50. The minimum absolute atomic E-state index is 0.268. The molecule has 1 heterocycles. The third kappa shape index (κ3) is 2.15. The first-order valence-electron chi connectivity index (χ1n) is 3.63. The number of nitrogens with zero attached hydrogens (tertiary/aromatic N) is 1. The second kappa shape index (κ2) is 3.09. The van der Waals surface area contributed by atoms with Crippen LogP contribution in [0.25, 0.3) is 0 Å². The Labute approximate surface area is 70.5 Å². The number of rotatable bonds is 1. The van der Waals surface area contributed by atoms with Crippen molar-refractivity contribution >= 4 is 22.0 Å². The van der Waals surface area contributed by atoms with E-state index in [1.807, 2.05) is 6.07 Å². The second-order valence-corrected chi connectivity index (χ2v) is 18.0. The molecule has 0 aliphatic heterocycles. The van der Waals surface area contributed by atoms with Gasteiger partial charge in [-0.25, -0.2) is 0 Å². The van der Waals surface area contributed by atoms with Crippen molar-refractivity contribution in [3.8, 4) is 0 Å². The summed E-state index contributed by atoms with van der Waals surface area (Å²) in [5.74, 6) is -0.268. The van der Waals surface area contributed by atoms with E-state index in [1.165, 1.54) is 6.20 Å². The summed E-state index contributed by atoms with van der Waals surface area (Å²) in [4.78, 5) is 10.2. The van der Waals surface area contributed by atoms with Crippen molar-refractivity contribution in [3.63, 3.8) is 0 Å². The van der Waals surface area contributed by atoms with Gasteiger partial charge in [-0.3, -0.25) is 0 Å². The van der Waals surface area contributed by atoms with Gasteiger partial charge in [0, 0.05) is 0 Å². The van der Waals surface area contributed by atoms with Crippen LogP contribution in [0.5, 0.6) is 0 Å². The monoisotopic (exact) mass is 261 g/mol. The van der Waals surface area contributed by atoms with Crippen molar-refractivity contribution in [1.29, 1.82) is 0 Å². The average Bonchev–Trinajstić information content (AvgIpc) is 1.86. The fourth-order valence-corrected chi connectivity index (χ4v) is 4.60. The van der Waals surface area contributed by atoms with E-state index in [4.69, 9.17) is 0 Å². The van der Waals surface area contributed by atoms with E-state index in [9.17, 15) is 4.39 Å². The molecule has 60 valence electrons. The fourth-order valence-electron chi connectivity index (χ4n) is 0.945. The number of hydrogen-bond donors (Lipinski definition) is 0. The molecule has 3 heteroatoms. The van der Waals surface area contributed by atoms with Gasteiger partial charge in [0.2, 0.25) is 0 Å². The van der Waals surface area contributed by atoms with Gasteiger partial charge in [-0.05, 0) is 0 Å². The molecule has 0 spiro atoms. The van der Waals surface area contributed by atoms with Crippen LogP contribution in [0.4, 0.5) is 4.39 Å². The van der Waals surface area contributed by atoms with E-state index in [-0.39, 0.29) is 5.95 Å². The topological polar surface area (TPSA) is 12.9 Å². The van der Waals surface area contributed by atoms with Crippen molar-refractivity contribution in [2.24, 2.45) is 0 Å². The van der Waals surface area contributed by atoms with E-state index in [0.29, 0.717) is 0 Å². The number of halogens is 1. The van der Waals surface area contributed by atoms with Crippen molar-refractivity contribution in [2.75, 3.05) is 0 Å². The summed E-state index contributed by atoms with van der Waals surface area (Å²) >= 11 is -2.21. The Hall–Kier alpha value is -0.121. The van der Waals surface area contributed by atoms with Crippen LogP contribution in [0.1, 0.15) is 0 Å². The summed E-state index contributed by atoms with van der Waals surface area (Å²) in [6.45, 7) is 0. The van der Waals surface area contributed by atoms with Crippen LogP contribution in [-0.4, -0.2) is 23.4 Å². The molecule has 1 aromatic rings. The number of pyridine rings is 1. The van der Waals surface area contributed by atoms with Crippen LogP contribution in [-0.2, 0) is 0 Å². The minimum atomic E-state index is -2.21. The SMILES string of the molecule is [CH3][Sn]([CH3])([CH3])[c]1cccnc1F. The molecule has 0 unspecified atom stereocenters. The second-order valence-electron chi connectivity index (χ2n) is 3.59. The zero-order chi connectivity index (χ0) is 8.48. The van der Waals surface area contributed by atoms with Crippen molar-refractivity contribution in [3.05, 3.63) is 24.3 Å². The molecule has 0 radical (unpaired) electrons. The predicted octanol–water partition coefficient (Wildman–Crippen LogP) is 1.77. The molecule has 0 saturated heterocycles. The first kappa shape index (κ1) is 8.97. The molecule has 0 aliphatic rings. The molecular formula is C8H12FNSn. The molecule has 1 nitrogen and oxygen atoms in total. The van der Waals surface area contributed by atoms with Gasteiger partial charge in [-0.2, -0.15) is 0 Å². The van der Waals surface area contributed by atoms with Crippen LogP contribution < -0.4 is 3.58 Å². The molecule has 1 aromatic heterocycles. The molecule has 0 bridgehead atoms. The van der Waals surface area contributed by atoms with E-state index in [1.54, 1.807) is 6.07 Å². The molecule has 0 N–H and O–H groups in total. The molecule has 0 fully saturated rings. The third-order valence-electron chi connectivity index (χ3n) is 1.57. The first-order chi connectivity index (χ1) is 5.02. The van der Waals surface area contributed by atoms with Gasteiger partial charge < -0.3 is 0 Å². The zero-order valence-corrected chi connectivity index (χ0v) is 9.91. The maximum absolute atomic E-state index is 13.0. The summed E-state index contributed by atoms with van der Waals surface area (Å²) in [6, 6.07) is 3.67. The van der Waals surface area contributed by atoms with Gasteiger partial charge in [-0.1, -0.05) is 0 Å². The Kier molecular flexibility index (Phi) is 2.52. The number of aromatic nitrogens is 1. The quantitative estimate of drug-likeness (QED) is 0.553. The molecule has 1 rings (SSSR count). The van der Waals surface area contributed by atoms with E-state index < -0.39 is 18.4 Å². The molecule has 0 saturated carbocycles. The van der Waals surface area contributed by atoms with Crippen molar-refractivity contribution in [2.45, 2.75) is 14.8 Å². The summed E-state index contributed by atoms with van der Waals surface area (Å²) in [7, 11) is 0. The molecule has 0 amide bonds.